The number of imidazole rings is 1. The second kappa shape index (κ2) is 3.38. The van der Waals surface area contributed by atoms with Crippen LogP contribution in [0.5, 0.6) is 0 Å². The molecule has 0 spiro atoms. The van der Waals surface area contributed by atoms with Crippen molar-refractivity contribution in [3.63, 3.8) is 0 Å². The van der Waals surface area contributed by atoms with Gasteiger partial charge in [-0.15, -0.1) is 0 Å². The summed E-state index contributed by atoms with van der Waals surface area (Å²) in [6.07, 6.45) is 5.53. The van der Waals surface area contributed by atoms with Gasteiger partial charge in [-0.1, -0.05) is 6.92 Å². The van der Waals surface area contributed by atoms with Gasteiger partial charge in [0.2, 0.25) is 6.33 Å². The van der Waals surface area contributed by atoms with Crippen LogP contribution in [-0.2, 0) is 18.4 Å². The molecule has 0 aliphatic carbocycles. The number of hydrogen-bond donors (Lipinski definition) is 0. The number of carboxylic acid groups (broad SMARTS) is 1. The number of aliphatic carboxylic acids is 1. The summed E-state index contributed by atoms with van der Waals surface area (Å²) in [6.45, 7) is 2.10. The SMILES string of the molecule is CC(Cn1cc[n+](C)c1)C(=O)[O-]. The Bertz CT molecular complexity index is 280. The number of nitrogens with zero attached hydrogens (tertiary/aromatic N) is 2. The van der Waals surface area contributed by atoms with E-state index in [4.69, 9.17) is 0 Å². The highest BCUT2D eigenvalue weighted by molar-refractivity contribution is 5.66. The van der Waals surface area contributed by atoms with Crippen LogP contribution in [0.1, 0.15) is 6.92 Å². The Morgan fingerprint density at radius 3 is 2.83 bits per heavy atom. The van der Waals surface area contributed by atoms with Crippen molar-refractivity contribution < 1.29 is 14.5 Å². The third-order valence-electron chi connectivity index (χ3n) is 1.71. The smallest absolute Gasteiger partial charge is 0.243 e. The van der Waals surface area contributed by atoms with Gasteiger partial charge in [0, 0.05) is 11.9 Å². The van der Waals surface area contributed by atoms with Gasteiger partial charge in [-0.2, -0.15) is 0 Å². The largest absolute Gasteiger partial charge is 0.550 e. The molecule has 1 unspecified atom stereocenters. The van der Waals surface area contributed by atoms with E-state index >= 15 is 0 Å². The van der Waals surface area contributed by atoms with Crippen LogP contribution < -0.4 is 9.67 Å². The number of rotatable bonds is 3. The van der Waals surface area contributed by atoms with Crippen LogP contribution in [0, 0.1) is 5.92 Å². The van der Waals surface area contributed by atoms with Gasteiger partial charge in [-0.3, -0.25) is 0 Å². The van der Waals surface area contributed by atoms with Crippen LogP contribution in [-0.4, -0.2) is 10.5 Å². The normalized spacial score (nSPS) is 12.8. The highest BCUT2D eigenvalue weighted by atomic mass is 16.4. The van der Waals surface area contributed by atoms with E-state index in [0.29, 0.717) is 6.54 Å². The van der Waals surface area contributed by atoms with Gasteiger partial charge in [0.15, 0.2) is 0 Å². The average Bonchev–Trinajstić information content (AvgIpc) is 2.35. The van der Waals surface area contributed by atoms with E-state index in [2.05, 4.69) is 0 Å². The Morgan fingerprint density at radius 1 is 1.75 bits per heavy atom. The predicted octanol–water partition coefficient (Wildman–Crippen LogP) is -1.30. The Hall–Kier alpha value is -1.32. The summed E-state index contributed by atoms with van der Waals surface area (Å²) in [5, 5.41) is 10.4. The van der Waals surface area contributed by atoms with Crippen molar-refractivity contribution in [1.29, 1.82) is 0 Å². The summed E-state index contributed by atoms with van der Waals surface area (Å²) >= 11 is 0. The predicted molar refractivity (Wildman–Crippen MR) is 39.8 cm³/mol. The molecule has 0 saturated heterocycles. The van der Waals surface area contributed by atoms with Crippen LogP contribution in [0.4, 0.5) is 0 Å². The zero-order chi connectivity index (χ0) is 9.14. The molecule has 0 bridgehead atoms. The molecule has 0 aliphatic heterocycles. The van der Waals surface area contributed by atoms with Crippen molar-refractivity contribution in [1.82, 2.24) is 4.57 Å². The number of aromatic nitrogens is 2. The van der Waals surface area contributed by atoms with E-state index in [9.17, 15) is 9.90 Å². The van der Waals surface area contributed by atoms with Crippen molar-refractivity contribution >= 4 is 5.97 Å². The number of carbonyl (C=O) groups excluding carboxylic acids is 1. The molecule has 0 aromatic carbocycles. The molecule has 0 N–H and O–H groups in total. The fourth-order valence-electron chi connectivity index (χ4n) is 1.00. The lowest BCUT2D eigenvalue weighted by molar-refractivity contribution is -0.671. The lowest BCUT2D eigenvalue weighted by Gasteiger charge is -2.08. The van der Waals surface area contributed by atoms with Gasteiger partial charge in [0.25, 0.3) is 0 Å². The summed E-state index contributed by atoms with van der Waals surface area (Å²) in [4.78, 5) is 10.4. The molecule has 4 nitrogen and oxygen atoms in total. The van der Waals surface area contributed by atoms with Gasteiger partial charge in [-0.05, 0) is 0 Å². The minimum atomic E-state index is -1.01. The first kappa shape index (κ1) is 8.77. The number of hydrogen-bond acceptors (Lipinski definition) is 2. The lowest BCUT2D eigenvalue weighted by Crippen LogP contribution is -2.32. The Labute approximate surface area is 71.1 Å². The second-order valence-corrected chi connectivity index (χ2v) is 3.00. The monoisotopic (exact) mass is 168 g/mol. The van der Waals surface area contributed by atoms with E-state index in [-0.39, 0.29) is 0 Å². The van der Waals surface area contributed by atoms with E-state index in [1.54, 1.807) is 6.92 Å². The molecule has 0 amide bonds. The Balaban J connectivity index is 2.58. The van der Waals surface area contributed by atoms with Gasteiger partial charge in [0.05, 0.1) is 13.6 Å². The van der Waals surface area contributed by atoms with Crippen LogP contribution >= 0.6 is 0 Å². The van der Waals surface area contributed by atoms with Crippen molar-refractivity contribution in [3.8, 4) is 0 Å². The minimum Gasteiger partial charge on any atom is -0.550 e. The van der Waals surface area contributed by atoms with E-state index < -0.39 is 11.9 Å². The summed E-state index contributed by atoms with van der Waals surface area (Å²) < 4.78 is 3.68. The molecule has 0 saturated carbocycles. The minimum absolute atomic E-state index is 0.447. The van der Waals surface area contributed by atoms with E-state index in [0.717, 1.165) is 0 Å². The zero-order valence-electron chi connectivity index (χ0n) is 7.23. The molecular weight excluding hydrogens is 156 g/mol. The molecule has 1 rings (SSSR count). The van der Waals surface area contributed by atoms with Crippen molar-refractivity contribution in [2.24, 2.45) is 13.0 Å². The molecule has 66 valence electrons. The zero-order valence-corrected chi connectivity index (χ0v) is 7.23. The van der Waals surface area contributed by atoms with Crippen molar-refractivity contribution in [2.45, 2.75) is 13.5 Å². The fraction of sp³-hybridized carbons (Fsp3) is 0.500. The summed E-state index contributed by atoms with van der Waals surface area (Å²) in [6, 6.07) is 0. The molecule has 12 heavy (non-hydrogen) atoms. The Kier molecular flexibility index (Phi) is 2.47. The van der Waals surface area contributed by atoms with Crippen molar-refractivity contribution in [2.75, 3.05) is 0 Å². The highest BCUT2D eigenvalue weighted by Crippen LogP contribution is 1.97. The molecule has 1 atom stereocenters. The first-order valence-electron chi connectivity index (χ1n) is 3.81. The number of aryl methyl sites for hydroxylation is 1. The topological polar surface area (TPSA) is 48.9 Å². The summed E-state index contributed by atoms with van der Waals surface area (Å²) in [5.41, 5.74) is 0. The third kappa shape index (κ3) is 2.08. The maximum atomic E-state index is 10.4. The van der Waals surface area contributed by atoms with Crippen LogP contribution in [0.2, 0.25) is 0 Å². The summed E-state index contributed by atoms with van der Waals surface area (Å²) in [7, 11) is 1.89. The number of carboxylic acids is 1. The standard InChI is InChI=1S/C8H12N2O2/c1-7(8(11)12)5-10-4-3-9(2)6-10/h3-4,6-7H,5H2,1-2H3. The number of carbonyl (C=O) groups is 1. The Morgan fingerprint density at radius 2 is 2.42 bits per heavy atom. The molecule has 4 heteroatoms. The van der Waals surface area contributed by atoms with Gasteiger partial charge in [0.1, 0.15) is 12.4 Å². The molecule has 1 aromatic heterocycles. The quantitative estimate of drug-likeness (QED) is 0.527. The second-order valence-electron chi connectivity index (χ2n) is 3.00. The van der Waals surface area contributed by atoms with Crippen LogP contribution in [0.15, 0.2) is 18.7 Å². The first-order valence-corrected chi connectivity index (χ1v) is 3.81. The third-order valence-corrected chi connectivity index (χ3v) is 1.71. The molecule has 1 aromatic rings. The maximum absolute atomic E-state index is 10.4. The highest BCUT2D eigenvalue weighted by Gasteiger charge is 2.07. The van der Waals surface area contributed by atoms with Crippen LogP contribution in [0.25, 0.3) is 0 Å². The van der Waals surface area contributed by atoms with Gasteiger partial charge < -0.3 is 9.90 Å². The van der Waals surface area contributed by atoms with E-state index in [1.807, 2.05) is 34.9 Å². The first-order chi connectivity index (χ1) is 5.59. The van der Waals surface area contributed by atoms with Crippen LogP contribution in [0.3, 0.4) is 0 Å². The molecular formula is C8H12N2O2. The fourth-order valence-corrected chi connectivity index (χ4v) is 1.00. The van der Waals surface area contributed by atoms with E-state index in [1.165, 1.54) is 0 Å². The van der Waals surface area contributed by atoms with Gasteiger partial charge >= 0.3 is 0 Å². The molecule has 0 radical (unpaired) electrons. The molecule has 1 heterocycles. The summed E-state index contributed by atoms with van der Waals surface area (Å²) in [5.74, 6) is -1.45. The molecule has 0 fully saturated rings. The lowest BCUT2D eigenvalue weighted by atomic mass is 10.2. The molecule has 0 aliphatic rings. The maximum Gasteiger partial charge on any atom is 0.243 e. The average molecular weight is 168 g/mol. The van der Waals surface area contributed by atoms with Gasteiger partial charge in [-0.25, -0.2) is 9.13 Å². The van der Waals surface area contributed by atoms with Crippen molar-refractivity contribution in [3.05, 3.63) is 18.7 Å².